The first-order valence-corrected chi connectivity index (χ1v) is 12.3. The van der Waals surface area contributed by atoms with Crippen molar-refractivity contribution < 1.29 is 40.6 Å². The molecular formula is C23H33Li2NSi. The van der Waals surface area contributed by atoms with E-state index in [1.807, 2.05) is 0 Å². The molecule has 0 fully saturated rings. The van der Waals surface area contributed by atoms with E-state index in [2.05, 4.69) is 101 Å². The Morgan fingerprint density at radius 2 is 1.56 bits per heavy atom. The Hall–Kier alpha value is -0.448. The van der Waals surface area contributed by atoms with E-state index in [4.69, 9.17) is 0 Å². The SMILES string of the molecule is CC1=CC(C)([Si](C)(C)N[C@H](C)c2cccc3ccccc23)C(C)=C1C.[H-].[H-].[Li+].[Li+]. The van der Waals surface area contributed by atoms with Gasteiger partial charge in [-0.15, -0.1) is 0 Å². The van der Waals surface area contributed by atoms with Crippen LogP contribution >= 0.6 is 0 Å². The summed E-state index contributed by atoms with van der Waals surface area (Å²) in [7, 11) is -1.76. The number of fused-ring (bicyclic) bond motifs is 1. The zero-order chi connectivity index (χ0) is 18.4. The van der Waals surface area contributed by atoms with Gasteiger partial charge in [-0.25, -0.2) is 0 Å². The molecule has 0 saturated carbocycles. The summed E-state index contributed by atoms with van der Waals surface area (Å²) in [6, 6.07) is 15.7. The number of allylic oxidation sites excluding steroid dienone is 4. The number of rotatable bonds is 4. The molecule has 0 amide bonds. The topological polar surface area (TPSA) is 12.0 Å². The summed E-state index contributed by atoms with van der Waals surface area (Å²) in [6.07, 6.45) is 2.51. The van der Waals surface area contributed by atoms with Crippen LogP contribution in [0.5, 0.6) is 0 Å². The molecule has 1 nitrogen and oxygen atoms in total. The molecule has 2 atom stereocenters. The van der Waals surface area contributed by atoms with E-state index in [1.54, 1.807) is 5.57 Å². The molecule has 0 bridgehead atoms. The molecule has 136 valence electrons. The average molecular weight is 365 g/mol. The van der Waals surface area contributed by atoms with Gasteiger partial charge in [0.15, 0.2) is 0 Å². The van der Waals surface area contributed by atoms with Crippen molar-refractivity contribution in [1.29, 1.82) is 0 Å². The summed E-state index contributed by atoms with van der Waals surface area (Å²) < 4.78 is 0. The van der Waals surface area contributed by atoms with Crippen LogP contribution in [0.1, 0.15) is 49.1 Å². The van der Waals surface area contributed by atoms with Gasteiger partial charge in [-0.2, -0.15) is 0 Å². The predicted octanol–water partition coefficient (Wildman–Crippen LogP) is 0.985. The van der Waals surface area contributed by atoms with Crippen LogP contribution < -0.4 is 42.7 Å². The Labute approximate surface area is 193 Å². The van der Waals surface area contributed by atoms with Crippen LogP contribution in [0, 0.1) is 0 Å². The Bertz CT molecular complexity index is 890. The molecule has 0 saturated heterocycles. The minimum absolute atomic E-state index is 0. The molecule has 0 aromatic heterocycles. The zero-order valence-electron chi connectivity index (χ0n) is 20.7. The van der Waals surface area contributed by atoms with E-state index in [1.165, 1.54) is 27.5 Å². The van der Waals surface area contributed by atoms with Crippen molar-refractivity contribution in [3.8, 4) is 0 Å². The largest absolute Gasteiger partial charge is 1.00 e. The van der Waals surface area contributed by atoms with Crippen LogP contribution in [-0.4, -0.2) is 8.24 Å². The van der Waals surface area contributed by atoms with Crippen molar-refractivity contribution in [3.63, 3.8) is 0 Å². The standard InChI is InChI=1S/C23H31NSi.2Li.2H/c1-16-15-23(5,18(3)17(16)2)25(6,7)24-19(4)21-14-10-12-20-11-8-9-13-22(20)21;;;;/h8-15,19,24H,1-7H3;;;;/q;2*+1;2*-1/t19-,23?;;;;/m1..../s1. The van der Waals surface area contributed by atoms with Crippen LogP contribution in [0.2, 0.25) is 18.1 Å². The molecule has 1 unspecified atom stereocenters. The predicted molar refractivity (Wildman–Crippen MR) is 116 cm³/mol. The van der Waals surface area contributed by atoms with E-state index in [0.717, 1.165) is 0 Å². The molecule has 2 aromatic rings. The maximum Gasteiger partial charge on any atom is 1.00 e. The minimum Gasteiger partial charge on any atom is -1.00 e. The van der Waals surface area contributed by atoms with Gasteiger partial charge in [0.2, 0.25) is 0 Å². The summed E-state index contributed by atoms with van der Waals surface area (Å²) in [4.78, 5) is 4.08. The average Bonchev–Trinajstić information content (AvgIpc) is 2.78. The Morgan fingerprint density at radius 1 is 0.963 bits per heavy atom. The van der Waals surface area contributed by atoms with Gasteiger partial charge in [-0.1, -0.05) is 79.7 Å². The monoisotopic (exact) mass is 365 g/mol. The second-order valence-corrected chi connectivity index (χ2v) is 12.9. The fraction of sp³-hybridized carbons (Fsp3) is 0.391. The van der Waals surface area contributed by atoms with Gasteiger partial charge in [0.25, 0.3) is 0 Å². The molecule has 2 aromatic carbocycles. The van der Waals surface area contributed by atoms with E-state index >= 15 is 0 Å². The third kappa shape index (κ3) is 4.28. The van der Waals surface area contributed by atoms with Crippen LogP contribution in [0.25, 0.3) is 10.8 Å². The van der Waals surface area contributed by atoms with Gasteiger partial charge in [-0.3, -0.25) is 0 Å². The van der Waals surface area contributed by atoms with Crippen LogP contribution in [0.15, 0.2) is 65.3 Å². The Morgan fingerprint density at radius 3 is 2.15 bits per heavy atom. The second-order valence-electron chi connectivity index (χ2n) is 8.34. The summed E-state index contributed by atoms with van der Waals surface area (Å²) in [5, 5.41) is 2.85. The van der Waals surface area contributed by atoms with Crippen molar-refractivity contribution in [2.75, 3.05) is 0 Å². The minimum atomic E-state index is -1.76. The third-order valence-corrected chi connectivity index (χ3v) is 10.9. The number of hydrogen-bond donors (Lipinski definition) is 1. The number of nitrogens with one attached hydrogen (secondary N) is 1. The first-order chi connectivity index (χ1) is 11.7. The molecule has 1 aliphatic carbocycles. The van der Waals surface area contributed by atoms with Gasteiger partial charge in [0, 0.05) is 11.1 Å². The molecule has 0 aliphatic heterocycles. The first-order valence-electron chi connectivity index (χ1n) is 9.30. The molecule has 27 heavy (non-hydrogen) atoms. The second kappa shape index (κ2) is 8.92. The molecule has 1 N–H and O–H groups in total. The van der Waals surface area contributed by atoms with Crippen LogP contribution in [-0.2, 0) is 0 Å². The Balaban J connectivity index is 0. The first kappa shape index (κ1) is 24.6. The van der Waals surface area contributed by atoms with Gasteiger partial charge >= 0.3 is 37.7 Å². The molecular weight excluding hydrogens is 332 g/mol. The number of hydrogen-bond acceptors (Lipinski definition) is 1. The summed E-state index contributed by atoms with van der Waals surface area (Å²) in [6.45, 7) is 16.5. The van der Waals surface area contributed by atoms with Crippen molar-refractivity contribution >= 4 is 19.0 Å². The van der Waals surface area contributed by atoms with Crippen LogP contribution in [0.4, 0.5) is 0 Å². The van der Waals surface area contributed by atoms with E-state index in [9.17, 15) is 0 Å². The third-order valence-electron chi connectivity index (χ3n) is 6.60. The van der Waals surface area contributed by atoms with E-state index < -0.39 is 8.24 Å². The van der Waals surface area contributed by atoms with Crippen molar-refractivity contribution in [2.24, 2.45) is 0 Å². The smallest absolute Gasteiger partial charge is 1.00 e. The van der Waals surface area contributed by atoms with Crippen molar-refractivity contribution in [1.82, 2.24) is 4.98 Å². The van der Waals surface area contributed by atoms with E-state index in [-0.39, 0.29) is 45.6 Å². The molecule has 0 heterocycles. The Kier molecular flexibility index (Phi) is 8.12. The normalized spacial score (nSPS) is 20.8. The van der Waals surface area contributed by atoms with Crippen molar-refractivity contribution in [2.45, 2.75) is 58.8 Å². The summed E-state index contributed by atoms with van der Waals surface area (Å²) in [5.74, 6) is 0. The van der Waals surface area contributed by atoms with Crippen LogP contribution in [0.3, 0.4) is 0 Å². The van der Waals surface area contributed by atoms with E-state index in [0.29, 0.717) is 6.04 Å². The summed E-state index contributed by atoms with van der Waals surface area (Å²) >= 11 is 0. The quantitative estimate of drug-likeness (QED) is 0.797. The molecule has 3 rings (SSSR count). The number of benzene rings is 2. The van der Waals surface area contributed by atoms with Gasteiger partial charge in [-0.05, 0) is 49.6 Å². The molecule has 0 spiro atoms. The van der Waals surface area contributed by atoms with Gasteiger partial charge in [0.05, 0.1) is 0 Å². The molecule has 0 radical (unpaired) electrons. The fourth-order valence-corrected chi connectivity index (χ4v) is 7.62. The maximum absolute atomic E-state index is 4.08. The fourth-order valence-electron chi connectivity index (χ4n) is 4.38. The molecule has 4 heteroatoms. The summed E-state index contributed by atoms with van der Waals surface area (Å²) in [5.41, 5.74) is 5.86. The molecule has 1 aliphatic rings. The van der Waals surface area contributed by atoms with Gasteiger partial charge in [0.1, 0.15) is 8.24 Å². The zero-order valence-corrected chi connectivity index (χ0v) is 19.7. The maximum atomic E-state index is 4.08. The van der Waals surface area contributed by atoms with Crippen molar-refractivity contribution in [3.05, 3.63) is 70.8 Å². The van der Waals surface area contributed by atoms with Gasteiger partial charge < -0.3 is 7.84 Å².